The lowest BCUT2D eigenvalue weighted by Crippen LogP contribution is -2.35. The smallest absolute Gasteiger partial charge is 0.241 e. The van der Waals surface area contributed by atoms with Crippen LogP contribution in [0.5, 0.6) is 0 Å². The van der Waals surface area contributed by atoms with Crippen molar-refractivity contribution in [3.05, 3.63) is 22.4 Å². The lowest BCUT2D eigenvalue weighted by molar-refractivity contribution is -0.130. The van der Waals surface area contributed by atoms with Crippen molar-refractivity contribution in [2.24, 2.45) is 5.92 Å². The summed E-state index contributed by atoms with van der Waals surface area (Å²) in [5.74, 6) is 0.612. The molecule has 1 aromatic rings. The van der Waals surface area contributed by atoms with Gasteiger partial charge in [0.05, 0.1) is 6.04 Å². The van der Waals surface area contributed by atoms with Crippen LogP contribution in [0.3, 0.4) is 0 Å². The molecule has 1 aromatic heterocycles. The predicted octanol–water partition coefficient (Wildman–Crippen LogP) is 3.78. The third-order valence-corrected chi connectivity index (χ3v) is 4.85. The number of rotatable bonds is 7. The van der Waals surface area contributed by atoms with E-state index in [0.29, 0.717) is 5.92 Å². The van der Waals surface area contributed by atoms with Gasteiger partial charge in [-0.25, -0.2) is 0 Å². The molecule has 1 saturated heterocycles. The molecule has 2 heterocycles. The van der Waals surface area contributed by atoms with Crippen LogP contribution in [-0.2, 0) is 4.79 Å². The summed E-state index contributed by atoms with van der Waals surface area (Å²) >= 11 is 1.73. The highest BCUT2D eigenvalue weighted by Gasteiger charge is 2.40. The number of carbonyl (C=O) groups excluding carboxylic acids is 1. The first kappa shape index (κ1) is 15.5. The van der Waals surface area contributed by atoms with Crippen LogP contribution in [-0.4, -0.2) is 23.4 Å². The third-order valence-electron chi connectivity index (χ3n) is 3.93. The van der Waals surface area contributed by atoms with Gasteiger partial charge in [-0.1, -0.05) is 46.1 Å². The Morgan fingerprint density at radius 3 is 2.75 bits per heavy atom. The van der Waals surface area contributed by atoms with E-state index >= 15 is 0 Å². The summed E-state index contributed by atoms with van der Waals surface area (Å²) in [6.45, 7) is 7.31. The van der Waals surface area contributed by atoms with Crippen LogP contribution in [0, 0.1) is 5.92 Å². The Hall–Kier alpha value is -0.870. The molecule has 0 radical (unpaired) electrons. The second-order valence-corrected chi connectivity index (χ2v) is 6.88. The van der Waals surface area contributed by atoms with E-state index in [9.17, 15) is 4.79 Å². The molecule has 112 valence electrons. The summed E-state index contributed by atoms with van der Waals surface area (Å²) in [5.41, 5.74) is 0. The van der Waals surface area contributed by atoms with Gasteiger partial charge in [0.1, 0.15) is 6.17 Å². The topological polar surface area (TPSA) is 32.3 Å². The normalized spacial score (nSPS) is 23.0. The molecule has 0 saturated carbocycles. The fourth-order valence-corrected chi connectivity index (χ4v) is 3.54. The minimum atomic E-state index is -0.0340. The zero-order valence-corrected chi connectivity index (χ0v) is 13.6. The van der Waals surface area contributed by atoms with Gasteiger partial charge >= 0.3 is 0 Å². The first-order valence-corrected chi connectivity index (χ1v) is 8.63. The number of carbonyl (C=O) groups is 1. The molecule has 0 aliphatic carbocycles. The maximum Gasteiger partial charge on any atom is 0.241 e. The summed E-state index contributed by atoms with van der Waals surface area (Å²) in [7, 11) is 0. The van der Waals surface area contributed by atoms with Crippen molar-refractivity contribution in [2.75, 3.05) is 6.54 Å². The van der Waals surface area contributed by atoms with Crippen molar-refractivity contribution in [1.29, 1.82) is 0 Å². The highest BCUT2D eigenvalue weighted by Crippen LogP contribution is 2.30. The van der Waals surface area contributed by atoms with E-state index in [1.54, 1.807) is 11.3 Å². The number of hydrogen-bond donors (Lipinski definition) is 1. The van der Waals surface area contributed by atoms with Crippen LogP contribution in [0.4, 0.5) is 0 Å². The van der Waals surface area contributed by atoms with Crippen LogP contribution < -0.4 is 5.32 Å². The largest absolute Gasteiger partial charge is 0.321 e. The van der Waals surface area contributed by atoms with Crippen LogP contribution in [0.1, 0.15) is 57.5 Å². The molecule has 1 aliphatic heterocycles. The lowest BCUT2D eigenvalue weighted by atomic mass is 10.0. The molecule has 0 bridgehead atoms. The summed E-state index contributed by atoms with van der Waals surface area (Å²) in [5, 5.41) is 5.60. The van der Waals surface area contributed by atoms with E-state index in [2.05, 4.69) is 43.6 Å². The summed E-state index contributed by atoms with van der Waals surface area (Å²) in [4.78, 5) is 15.9. The van der Waals surface area contributed by atoms with Crippen molar-refractivity contribution >= 4 is 17.2 Å². The van der Waals surface area contributed by atoms with E-state index in [-0.39, 0.29) is 18.1 Å². The van der Waals surface area contributed by atoms with Crippen molar-refractivity contribution < 1.29 is 4.79 Å². The predicted molar refractivity (Wildman–Crippen MR) is 84.7 cm³/mol. The lowest BCUT2D eigenvalue weighted by Gasteiger charge is -2.23. The van der Waals surface area contributed by atoms with E-state index < -0.39 is 0 Å². The van der Waals surface area contributed by atoms with Gasteiger partial charge in [-0.2, -0.15) is 0 Å². The number of nitrogens with zero attached hydrogens (tertiary/aromatic N) is 1. The maximum atomic E-state index is 12.6. The van der Waals surface area contributed by atoms with Gasteiger partial charge in [0.15, 0.2) is 0 Å². The molecule has 1 N–H and O–H groups in total. The Labute approximate surface area is 126 Å². The van der Waals surface area contributed by atoms with Gasteiger partial charge in [0.2, 0.25) is 5.91 Å². The van der Waals surface area contributed by atoms with E-state index in [1.165, 1.54) is 24.1 Å². The fourth-order valence-electron chi connectivity index (χ4n) is 2.75. The van der Waals surface area contributed by atoms with E-state index in [0.717, 1.165) is 13.0 Å². The van der Waals surface area contributed by atoms with Gasteiger partial charge in [0.25, 0.3) is 0 Å². The molecule has 1 amide bonds. The Bertz CT molecular complexity index is 416. The number of hydrogen-bond acceptors (Lipinski definition) is 3. The van der Waals surface area contributed by atoms with Gasteiger partial charge in [0, 0.05) is 11.4 Å². The van der Waals surface area contributed by atoms with E-state index in [1.807, 2.05) is 4.90 Å². The maximum absolute atomic E-state index is 12.6. The molecule has 1 fully saturated rings. The number of nitrogens with one attached hydrogen (secondary N) is 1. The molecular formula is C16H26N2OS. The van der Waals surface area contributed by atoms with Gasteiger partial charge < -0.3 is 4.90 Å². The standard InChI is InChI=1S/C16H26N2OS/c1-4-5-6-7-10-18-15(13-9-8-11-20-13)17-14(12(2)3)16(18)19/h8-9,11-12,14-15,17H,4-7,10H2,1-3H3. The van der Waals surface area contributed by atoms with Gasteiger partial charge in [-0.15, -0.1) is 11.3 Å². The van der Waals surface area contributed by atoms with E-state index in [4.69, 9.17) is 0 Å². The molecule has 0 spiro atoms. The molecule has 3 nitrogen and oxygen atoms in total. The van der Waals surface area contributed by atoms with Crippen molar-refractivity contribution in [1.82, 2.24) is 10.2 Å². The second-order valence-electron chi connectivity index (χ2n) is 5.90. The monoisotopic (exact) mass is 294 g/mol. The zero-order valence-electron chi connectivity index (χ0n) is 12.8. The van der Waals surface area contributed by atoms with Gasteiger partial charge in [-0.05, 0) is 23.8 Å². The Morgan fingerprint density at radius 2 is 2.15 bits per heavy atom. The van der Waals surface area contributed by atoms with Crippen LogP contribution in [0.25, 0.3) is 0 Å². The Morgan fingerprint density at radius 1 is 1.35 bits per heavy atom. The number of amides is 1. The highest BCUT2D eigenvalue weighted by molar-refractivity contribution is 7.10. The van der Waals surface area contributed by atoms with Crippen molar-refractivity contribution in [3.63, 3.8) is 0 Å². The average Bonchev–Trinajstić information content (AvgIpc) is 3.03. The first-order valence-electron chi connectivity index (χ1n) is 7.75. The Kier molecular flexibility index (Phi) is 5.61. The summed E-state index contributed by atoms with van der Waals surface area (Å²) < 4.78 is 0. The molecule has 1 aliphatic rings. The third kappa shape index (κ3) is 3.41. The molecule has 20 heavy (non-hydrogen) atoms. The zero-order chi connectivity index (χ0) is 14.5. The second kappa shape index (κ2) is 7.23. The number of thiophene rings is 1. The Balaban J connectivity index is 2.05. The highest BCUT2D eigenvalue weighted by atomic mass is 32.1. The van der Waals surface area contributed by atoms with Crippen LogP contribution in [0.2, 0.25) is 0 Å². The minimum Gasteiger partial charge on any atom is -0.321 e. The molecule has 0 aromatic carbocycles. The minimum absolute atomic E-state index is 0.0340. The summed E-state index contributed by atoms with van der Waals surface area (Å²) in [6, 6.07) is 4.15. The average molecular weight is 294 g/mol. The fraction of sp³-hybridized carbons (Fsp3) is 0.688. The SMILES string of the molecule is CCCCCCN1C(=O)C(C(C)C)NC1c1cccs1. The summed E-state index contributed by atoms with van der Waals surface area (Å²) in [6.07, 6.45) is 4.89. The molecule has 4 heteroatoms. The molecule has 2 atom stereocenters. The first-order chi connectivity index (χ1) is 9.65. The van der Waals surface area contributed by atoms with Crippen LogP contribution in [0.15, 0.2) is 17.5 Å². The van der Waals surface area contributed by atoms with Crippen molar-refractivity contribution in [2.45, 2.75) is 58.7 Å². The van der Waals surface area contributed by atoms with Gasteiger partial charge in [-0.3, -0.25) is 10.1 Å². The van der Waals surface area contributed by atoms with Crippen LogP contribution >= 0.6 is 11.3 Å². The quantitative estimate of drug-likeness (QED) is 0.776. The number of unbranched alkanes of at least 4 members (excludes halogenated alkanes) is 3. The molecular weight excluding hydrogens is 268 g/mol. The molecule has 2 rings (SSSR count). The molecule has 2 unspecified atom stereocenters. The van der Waals surface area contributed by atoms with Crippen molar-refractivity contribution in [3.8, 4) is 0 Å².